The summed E-state index contributed by atoms with van der Waals surface area (Å²) in [6.07, 6.45) is 0.872. The lowest BCUT2D eigenvalue weighted by atomic mass is 9.94. The molecule has 204 valence electrons. The van der Waals surface area contributed by atoms with Gasteiger partial charge in [-0.05, 0) is 85.0 Å². The van der Waals surface area contributed by atoms with Crippen LogP contribution in [0.15, 0.2) is 72.3 Å². The zero-order chi connectivity index (χ0) is 28.1. The van der Waals surface area contributed by atoms with E-state index in [1.165, 1.54) is 4.90 Å². The van der Waals surface area contributed by atoms with Crippen LogP contribution in [0.5, 0.6) is 17.2 Å². The van der Waals surface area contributed by atoms with Crippen LogP contribution in [0.4, 0.5) is 5.69 Å². The molecule has 1 aliphatic rings. The number of anilines is 1. The van der Waals surface area contributed by atoms with Gasteiger partial charge >= 0.3 is 0 Å². The first-order valence-electron chi connectivity index (χ1n) is 13.2. The van der Waals surface area contributed by atoms with Gasteiger partial charge in [0, 0.05) is 11.3 Å². The highest BCUT2D eigenvalue weighted by molar-refractivity contribution is 6.51. The van der Waals surface area contributed by atoms with Crippen LogP contribution in [-0.4, -0.2) is 37.1 Å². The highest BCUT2D eigenvalue weighted by Crippen LogP contribution is 2.43. The van der Waals surface area contributed by atoms with Gasteiger partial charge in [0.1, 0.15) is 23.0 Å². The molecule has 39 heavy (non-hydrogen) atoms. The maximum Gasteiger partial charge on any atom is 0.300 e. The van der Waals surface area contributed by atoms with Gasteiger partial charge in [0.15, 0.2) is 0 Å². The number of ether oxygens (including phenoxy) is 3. The van der Waals surface area contributed by atoms with Crippen LogP contribution in [0.1, 0.15) is 49.9 Å². The third-order valence-electron chi connectivity index (χ3n) is 6.48. The second-order valence-corrected chi connectivity index (χ2v) is 9.97. The van der Waals surface area contributed by atoms with Gasteiger partial charge in [-0.15, -0.1) is 0 Å². The van der Waals surface area contributed by atoms with E-state index >= 15 is 0 Å². The molecule has 0 aliphatic carbocycles. The average Bonchev–Trinajstić information content (AvgIpc) is 3.21. The number of rotatable bonds is 10. The Bertz CT molecular complexity index is 1360. The first-order valence-corrected chi connectivity index (χ1v) is 13.2. The van der Waals surface area contributed by atoms with Crippen molar-refractivity contribution in [2.75, 3.05) is 25.2 Å². The minimum absolute atomic E-state index is 0.0203. The summed E-state index contributed by atoms with van der Waals surface area (Å²) in [7, 11) is 1.57. The molecule has 0 radical (unpaired) electrons. The molecule has 3 aromatic rings. The predicted molar refractivity (Wildman–Crippen MR) is 152 cm³/mol. The van der Waals surface area contributed by atoms with Gasteiger partial charge < -0.3 is 19.3 Å². The van der Waals surface area contributed by atoms with Crippen molar-refractivity contribution in [1.82, 2.24) is 0 Å². The van der Waals surface area contributed by atoms with Crippen LogP contribution in [0.3, 0.4) is 0 Å². The standard InChI is InChI=1S/C32H35NO6/c1-6-17-38-27-16-9-23(18-21(27)4)30(34)28-29(22-7-12-25(37-5)13-8-22)33(32(36)31(28)35)24-10-14-26(15-11-24)39-19-20(2)3/h7-16,18,20,29,34H,6,17,19H2,1-5H3/b30-28-. The molecular formula is C32H35NO6. The Morgan fingerprint density at radius 3 is 2.21 bits per heavy atom. The normalized spacial score (nSPS) is 16.6. The topological polar surface area (TPSA) is 85.3 Å². The monoisotopic (exact) mass is 529 g/mol. The average molecular weight is 530 g/mol. The van der Waals surface area contributed by atoms with E-state index in [0.717, 1.165) is 12.0 Å². The quantitative estimate of drug-likeness (QED) is 0.184. The second kappa shape index (κ2) is 12.1. The molecule has 0 aromatic heterocycles. The molecule has 7 heteroatoms. The van der Waals surface area contributed by atoms with Crippen molar-refractivity contribution in [3.8, 4) is 17.2 Å². The van der Waals surface area contributed by atoms with E-state index in [4.69, 9.17) is 14.2 Å². The number of aliphatic hydroxyl groups excluding tert-OH is 1. The Labute approximate surface area is 229 Å². The number of aliphatic hydroxyl groups is 1. The molecule has 0 saturated carbocycles. The van der Waals surface area contributed by atoms with E-state index in [9.17, 15) is 14.7 Å². The van der Waals surface area contributed by atoms with Crippen molar-refractivity contribution in [3.05, 3.63) is 89.0 Å². The van der Waals surface area contributed by atoms with Gasteiger partial charge in [-0.25, -0.2) is 0 Å². The molecule has 3 aromatic carbocycles. The number of ketones is 1. The van der Waals surface area contributed by atoms with Gasteiger partial charge in [-0.3, -0.25) is 14.5 Å². The first-order chi connectivity index (χ1) is 18.7. The lowest BCUT2D eigenvalue weighted by Gasteiger charge is -2.26. The lowest BCUT2D eigenvalue weighted by molar-refractivity contribution is -0.132. The maximum atomic E-state index is 13.5. The lowest BCUT2D eigenvalue weighted by Crippen LogP contribution is -2.29. The van der Waals surface area contributed by atoms with Gasteiger partial charge in [0.05, 0.1) is 31.9 Å². The van der Waals surface area contributed by atoms with E-state index in [0.29, 0.717) is 53.2 Å². The highest BCUT2D eigenvalue weighted by atomic mass is 16.5. The number of methoxy groups -OCH3 is 1. The summed E-state index contributed by atoms with van der Waals surface area (Å²) < 4.78 is 16.9. The van der Waals surface area contributed by atoms with Crippen molar-refractivity contribution in [2.45, 2.75) is 40.2 Å². The van der Waals surface area contributed by atoms with Crippen molar-refractivity contribution >= 4 is 23.1 Å². The van der Waals surface area contributed by atoms with Gasteiger partial charge in [-0.1, -0.05) is 32.9 Å². The number of nitrogens with zero attached hydrogens (tertiary/aromatic N) is 1. The molecule has 1 unspecified atom stereocenters. The van der Waals surface area contributed by atoms with Crippen LogP contribution in [0, 0.1) is 12.8 Å². The Kier molecular flexibility index (Phi) is 8.59. The zero-order valence-electron chi connectivity index (χ0n) is 23.1. The molecule has 1 fully saturated rings. The minimum atomic E-state index is -0.838. The summed E-state index contributed by atoms with van der Waals surface area (Å²) in [5.74, 6) is 0.685. The Hall–Kier alpha value is -4.26. The van der Waals surface area contributed by atoms with Gasteiger partial charge in [0.2, 0.25) is 0 Å². The molecule has 1 heterocycles. The van der Waals surface area contributed by atoms with E-state index in [1.807, 2.05) is 13.8 Å². The summed E-state index contributed by atoms with van der Waals surface area (Å²) in [6.45, 7) is 9.18. The van der Waals surface area contributed by atoms with Gasteiger partial charge in [-0.2, -0.15) is 0 Å². The molecule has 7 nitrogen and oxygen atoms in total. The summed E-state index contributed by atoms with van der Waals surface area (Å²) in [4.78, 5) is 28.3. The van der Waals surface area contributed by atoms with Crippen LogP contribution >= 0.6 is 0 Å². The number of hydrogen-bond acceptors (Lipinski definition) is 6. The van der Waals surface area contributed by atoms with Crippen LogP contribution < -0.4 is 19.1 Å². The summed E-state index contributed by atoms with van der Waals surface area (Å²) in [6, 6.07) is 18.6. The Morgan fingerprint density at radius 2 is 1.62 bits per heavy atom. The molecule has 4 rings (SSSR count). The Balaban J connectivity index is 1.80. The fraction of sp³-hybridized carbons (Fsp3) is 0.312. The third-order valence-corrected chi connectivity index (χ3v) is 6.48. The molecule has 1 atom stereocenters. The summed E-state index contributed by atoms with van der Waals surface area (Å²) >= 11 is 0. The molecule has 1 amide bonds. The fourth-order valence-corrected chi connectivity index (χ4v) is 4.49. The third kappa shape index (κ3) is 5.93. The highest BCUT2D eigenvalue weighted by Gasteiger charge is 2.47. The fourth-order valence-electron chi connectivity index (χ4n) is 4.49. The van der Waals surface area contributed by atoms with Crippen LogP contribution in [0.25, 0.3) is 5.76 Å². The number of benzene rings is 3. The summed E-state index contributed by atoms with van der Waals surface area (Å²) in [5.41, 5.74) is 2.46. The summed E-state index contributed by atoms with van der Waals surface area (Å²) in [5, 5.41) is 11.5. The second-order valence-electron chi connectivity index (χ2n) is 9.97. The number of carbonyl (C=O) groups excluding carboxylic acids is 2. The number of hydrogen-bond donors (Lipinski definition) is 1. The minimum Gasteiger partial charge on any atom is -0.507 e. The van der Waals surface area contributed by atoms with E-state index in [2.05, 4.69) is 13.8 Å². The van der Waals surface area contributed by atoms with Crippen molar-refractivity contribution in [3.63, 3.8) is 0 Å². The van der Waals surface area contributed by atoms with Crippen LogP contribution in [0.2, 0.25) is 0 Å². The smallest absolute Gasteiger partial charge is 0.300 e. The Morgan fingerprint density at radius 1 is 0.949 bits per heavy atom. The zero-order valence-corrected chi connectivity index (χ0v) is 23.1. The molecule has 1 aliphatic heterocycles. The van der Waals surface area contributed by atoms with E-state index < -0.39 is 17.7 Å². The molecule has 0 spiro atoms. The molecule has 1 N–H and O–H groups in total. The van der Waals surface area contributed by atoms with Crippen LogP contribution in [-0.2, 0) is 9.59 Å². The number of amides is 1. The number of aryl methyl sites for hydroxylation is 1. The number of carbonyl (C=O) groups is 2. The molecular weight excluding hydrogens is 494 g/mol. The molecule has 1 saturated heterocycles. The van der Waals surface area contributed by atoms with Gasteiger partial charge in [0.25, 0.3) is 11.7 Å². The number of Topliss-reactive ketones (excluding diaryl/α,β-unsaturated/α-hetero) is 1. The SMILES string of the molecule is CCCOc1ccc(/C(O)=C2/C(=O)C(=O)N(c3ccc(OCC(C)C)cc3)C2c2ccc(OC)cc2)cc1C. The first kappa shape index (κ1) is 27.8. The van der Waals surface area contributed by atoms with Crippen molar-refractivity contribution in [2.24, 2.45) is 5.92 Å². The van der Waals surface area contributed by atoms with Crippen molar-refractivity contribution in [1.29, 1.82) is 0 Å². The van der Waals surface area contributed by atoms with Crippen molar-refractivity contribution < 1.29 is 28.9 Å². The molecule has 0 bridgehead atoms. The largest absolute Gasteiger partial charge is 0.507 e. The predicted octanol–water partition coefficient (Wildman–Crippen LogP) is 6.45. The van der Waals surface area contributed by atoms with E-state index in [-0.39, 0.29) is 11.3 Å². The van der Waals surface area contributed by atoms with E-state index in [1.54, 1.807) is 73.8 Å². The maximum absolute atomic E-state index is 13.5.